The molecule has 0 spiro atoms. The molecule has 5 nitrogen and oxygen atoms in total. The van der Waals surface area contributed by atoms with Crippen LogP contribution in [0.2, 0.25) is 5.02 Å². The van der Waals surface area contributed by atoms with Crippen LogP contribution in [0.3, 0.4) is 0 Å². The van der Waals surface area contributed by atoms with E-state index in [1.54, 1.807) is 22.9 Å². The third-order valence-corrected chi connectivity index (χ3v) is 3.50. The molecule has 102 valence electrons. The first-order valence-corrected chi connectivity index (χ1v) is 6.65. The Labute approximate surface area is 116 Å². The Hall–Kier alpha value is -1.75. The first-order chi connectivity index (χ1) is 9.08. The summed E-state index contributed by atoms with van der Waals surface area (Å²) >= 11 is 6.32. The zero-order valence-electron chi connectivity index (χ0n) is 11.1. The predicted octanol–water partition coefficient (Wildman–Crippen LogP) is 1.91. The quantitative estimate of drug-likeness (QED) is 0.930. The van der Waals surface area contributed by atoms with Gasteiger partial charge in [0, 0.05) is 12.7 Å². The van der Waals surface area contributed by atoms with Gasteiger partial charge >= 0.3 is 0 Å². The van der Waals surface area contributed by atoms with E-state index in [0.29, 0.717) is 18.1 Å². The average Bonchev–Trinajstić information content (AvgIpc) is 2.71. The number of hydrogen-bond donors (Lipinski definition) is 1. The van der Waals surface area contributed by atoms with E-state index < -0.39 is 0 Å². The van der Waals surface area contributed by atoms with E-state index in [2.05, 4.69) is 5.10 Å². The van der Waals surface area contributed by atoms with Gasteiger partial charge in [0.05, 0.1) is 28.6 Å². The van der Waals surface area contributed by atoms with Crippen LogP contribution in [0.1, 0.15) is 25.2 Å². The Bertz CT molecular complexity index is 645. The first kappa shape index (κ1) is 13.7. The lowest BCUT2D eigenvalue weighted by molar-refractivity contribution is 0.590. The smallest absolute Gasteiger partial charge is 0.274 e. The van der Waals surface area contributed by atoms with Crippen LogP contribution in [0.4, 0.5) is 5.69 Å². The fourth-order valence-corrected chi connectivity index (χ4v) is 2.34. The summed E-state index contributed by atoms with van der Waals surface area (Å²) in [4.78, 5) is 11.9. The van der Waals surface area contributed by atoms with Crippen LogP contribution in [-0.2, 0) is 19.5 Å². The molecule has 0 amide bonds. The van der Waals surface area contributed by atoms with E-state index >= 15 is 0 Å². The van der Waals surface area contributed by atoms with Gasteiger partial charge in [-0.25, -0.2) is 0 Å². The Balaban J connectivity index is 2.46. The van der Waals surface area contributed by atoms with Gasteiger partial charge in [-0.2, -0.15) is 5.10 Å². The fourth-order valence-electron chi connectivity index (χ4n) is 2.01. The predicted molar refractivity (Wildman–Crippen MR) is 76.5 cm³/mol. The summed E-state index contributed by atoms with van der Waals surface area (Å²) in [6.45, 7) is 5.09. The lowest BCUT2D eigenvalue weighted by Crippen LogP contribution is -2.23. The van der Waals surface area contributed by atoms with Crippen molar-refractivity contribution >= 4 is 17.3 Å². The van der Waals surface area contributed by atoms with Crippen molar-refractivity contribution in [3.8, 4) is 0 Å². The lowest BCUT2D eigenvalue weighted by atomic mass is 10.3. The molecule has 0 aromatic carbocycles. The maximum atomic E-state index is 11.9. The van der Waals surface area contributed by atoms with Crippen molar-refractivity contribution in [2.75, 3.05) is 5.73 Å². The largest absolute Gasteiger partial charge is 0.394 e. The number of nitrogen functional groups attached to an aromatic ring is 1. The molecule has 0 saturated carbocycles. The van der Waals surface area contributed by atoms with Gasteiger partial charge in [-0.3, -0.25) is 9.48 Å². The van der Waals surface area contributed by atoms with Gasteiger partial charge in [0.1, 0.15) is 0 Å². The van der Waals surface area contributed by atoms with Crippen LogP contribution in [0, 0.1) is 0 Å². The number of rotatable bonds is 4. The van der Waals surface area contributed by atoms with E-state index in [0.717, 1.165) is 17.8 Å². The highest BCUT2D eigenvalue weighted by molar-refractivity contribution is 6.31. The van der Waals surface area contributed by atoms with Crippen LogP contribution >= 0.6 is 11.6 Å². The van der Waals surface area contributed by atoms with Crippen molar-refractivity contribution < 1.29 is 0 Å². The monoisotopic (exact) mass is 280 g/mol. The summed E-state index contributed by atoms with van der Waals surface area (Å²) in [7, 11) is 0. The van der Waals surface area contributed by atoms with E-state index in [9.17, 15) is 4.79 Å². The van der Waals surface area contributed by atoms with E-state index in [-0.39, 0.29) is 11.2 Å². The molecular weight excluding hydrogens is 264 g/mol. The van der Waals surface area contributed by atoms with Gasteiger partial charge in [-0.15, -0.1) is 0 Å². The molecule has 0 aliphatic carbocycles. The Kier molecular flexibility index (Phi) is 3.95. The summed E-state index contributed by atoms with van der Waals surface area (Å²) in [6.07, 6.45) is 2.47. The molecule has 2 aromatic heterocycles. The van der Waals surface area contributed by atoms with Crippen molar-refractivity contribution in [3.05, 3.63) is 45.1 Å². The Morgan fingerprint density at radius 1 is 1.42 bits per heavy atom. The van der Waals surface area contributed by atoms with Crippen LogP contribution in [0.15, 0.2) is 23.1 Å². The van der Waals surface area contributed by atoms with Gasteiger partial charge in [-0.05, 0) is 25.5 Å². The molecular formula is C13H17ClN4O. The van der Waals surface area contributed by atoms with Crippen LogP contribution in [0.5, 0.6) is 0 Å². The van der Waals surface area contributed by atoms with Crippen LogP contribution < -0.4 is 11.3 Å². The van der Waals surface area contributed by atoms with Crippen LogP contribution in [-0.4, -0.2) is 14.3 Å². The minimum atomic E-state index is -0.208. The van der Waals surface area contributed by atoms with E-state index in [1.807, 2.05) is 18.5 Å². The van der Waals surface area contributed by atoms with Gasteiger partial charge in [0.2, 0.25) is 0 Å². The molecule has 19 heavy (non-hydrogen) atoms. The number of aromatic nitrogens is 3. The first-order valence-electron chi connectivity index (χ1n) is 6.27. The molecule has 0 aliphatic heterocycles. The molecule has 0 fully saturated rings. The molecule has 0 saturated heterocycles. The zero-order valence-corrected chi connectivity index (χ0v) is 11.8. The summed E-state index contributed by atoms with van der Waals surface area (Å²) in [5.41, 5.74) is 7.35. The zero-order chi connectivity index (χ0) is 14.0. The molecule has 0 unspecified atom stereocenters. The average molecular weight is 281 g/mol. The van der Waals surface area contributed by atoms with Crippen LogP contribution in [0.25, 0.3) is 0 Å². The SMILES string of the molecule is CCc1nn(CC)c(Cn2cccc(N)c2=O)c1Cl. The number of aryl methyl sites for hydroxylation is 2. The van der Waals surface area contributed by atoms with Gasteiger partial charge < -0.3 is 10.3 Å². The molecule has 0 aliphatic rings. The number of nitrogens with zero attached hydrogens (tertiary/aromatic N) is 3. The second-order valence-corrected chi connectivity index (χ2v) is 4.65. The molecule has 0 radical (unpaired) electrons. The highest BCUT2D eigenvalue weighted by atomic mass is 35.5. The third kappa shape index (κ3) is 2.51. The molecule has 0 atom stereocenters. The Morgan fingerprint density at radius 3 is 2.79 bits per heavy atom. The van der Waals surface area contributed by atoms with Crippen molar-refractivity contribution in [2.45, 2.75) is 33.4 Å². The lowest BCUT2D eigenvalue weighted by Gasteiger charge is -2.08. The Morgan fingerprint density at radius 2 is 2.16 bits per heavy atom. The molecule has 6 heteroatoms. The topological polar surface area (TPSA) is 65.8 Å². The minimum Gasteiger partial charge on any atom is -0.394 e. The second kappa shape index (κ2) is 5.48. The standard InChI is InChI=1S/C13H17ClN4O/c1-3-10-12(14)11(18(4-2)16-10)8-17-7-5-6-9(15)13(17)19/h5-7H,3-4,8,15H2,1-2H3. The van der Waals surface area contributed by atoms with Crippen molar-refractivity contribution in [2.24, 2.45) is 0 Å². The summed E-state index contributed by atoms with van der Waals surface area (Å²) in [5.74, 6) is 0. The highest BCUT2D eigenvalue weighted by Crippen LogP contribution is 2.22. The van der Waals surface area contributed by atoms with E-state index in [4.69, 9.17) is 17.3 Å². The summed E-state index contributed by atoms with van der Waals surface area (Å²) in [6, 6.07) is 3.34. The highest BCUT2D eigenvalue weighted by Gasteiger charge is 2.15. The number of anilines is 1. The normalized spacial score (nSPS) is 10.9. The van der Waals surface area contributed by atoms with Gasteiger partial charge in [-0.1, -0.05) is 18.5 Å². The molecule has 2 rings (SSSR count). The summed E-state index contributed by atoms with van der Waals surface area (Å²) in [5, 5.41) is 5.07. The molecule has 0 bridgehead atoms. The van der Waals surface area contributed by atoms with Crippen molar-refractivity contribution in [1.29, 1.82) is 0 Å². The van der Waals surface area contributed by atoms with E-state index in [1.165, 1.54) is 0 Å². The number of pyridine rings is 1. The molecule has 2 heterocycles. The molecule has 2 aromatic rings. The summed E-state index contributed by atoms with van der Waals surface area (Å²) < 4.78 is 3.38. The maximum Gasteiger partial charge on any atom is 0.274 e. The minimum absolute atomic E-state index is 0.208. The van der Waals surface area contributed by atoms with Crippen molar-refractivity contribution in [3.63, 3.8) is 0 Å². The maximum absolute atomic E-state index is 11.9. The fraction of sp³-hybridized carbons (Fsp3) is 0.385. The second-order valence-electron chi connectivity index (χ2n) is 4.27. The van der Waals surface area contributed by atoms with Gasteiger partial charge in [0.25, 0.3) is 5.56 Å². The number of nitrogens with two attached hydrogens (primary N) is 1. The molecule has 2 N–H and O–H groups in total. The van der Waals surface area contributed by atoms with Crippen molar-refractivity contribution in [1.82, 2.24) is 14.3 Å². The number of hydrogen-bond acceptors (Lipinski definition) is 3. The van der Waals surface area contributed by atoms with Gasteiger partial charge in [0.15, 0.2) is 0 Å². The number of halogens is 1. The third-order valence-electron chi connectivity index (χ3n) is 3.06.